The molecule has 0 aromatic rings. The van der Waals surface area contributed by atoms with Crippen LogP contribution >= 0.6 is 0 Å². The molecular formula is C15H20O2. The van der Waals surface area contributed by atoms with Gasteiger partial charge in [-0.3, -0.25) is 9.59 Å². The van der Waals surface area contributed by atoms with Crippen molar-refractivity contribution in [3.8, 4) is 0 Å². The minimum absolute atomic E-state index is 0.00625. The Morgan fingerprint density at radius 3 is 2.53 bits per heavy atom. The average molecular weight is 232 g/mol. The van der Waals surface area contributed by atoms with Gasteiger partial charge in [0.25, 0.3) is 0 Å². The van der Waals surface area contributed by atoms with E-state index in [2.05, 4.69) is 19.1 Å². The number of carbonyl (C=O) groups is 2. The summed E-state index contributed by atoms with van der Waals surface area (Å²) in [5.41, 5.74) is -0.116. The first-order valence-electron chi connectivity index (χ1n) is 6.59. The molecule has 2 rings (SSSR count). The van der Waals surface area contributed by atoms with Crippen molar-refractivity contribution in [1.29, 1.82) is 0 Å². The number of carbonyl (C=O) groups excluding carboxylic acids is 2. The predicted octanol–water partition coefficient (Wildman–Crippen LogP) is 3.23. The smallest absolute Gasteiger partial charge is 0.137 e. The topological polar surface area (TPSA) is 34.1 Å². The minimum atomic E-state index is -0.116. The lowest BCUT2D eigenvalue weighted by Gasteiger charge is -2.34. The summed E-state index contributed by atoms with van der Waals surface area (Å²) in [5.74, 6) is 0.669. The monoisotopic (exact) mass is 232 g/mol. The zero-order valence-electron chi connectivity index (χ0n) is 10.4. The second kappa shape index (κ2) is 4.99. The Kier molecular flexibility index (Phi) is 3.60. The first kappa shape index (κ1) is 12.3. The van der Waals surface area contributed by atoms with E-state index in [1.54, 1.807) is 0 Å². The number of hydrogen-bond donors (Lipinski definition) is 0. The maximum atomic E-state index is 12.2. The number of hydrogen-bond acceptors (Lipinski definition) is 2. The molecule has 1 atom stereocenters. The Hall–Kier alpha value is -1.18. The molecule has 1 fully saturated rings. The highest BCUT2D eigenvalue weighted by Gasteiger charge is 2.38. The molecule has 92 valence electrons. The van der Waals surface area contributed by atoms with Gasteiger partial charge >= 0.3 is 0 Å². The first-order chi connectivity index (χ1) is 8.18. The summed E-state index contributed by atoms with van der Waals surface area (Å²) in [7, 11) is 0. The molecule has 2 aliphatic carbocycles. The van der Waals surface area contributed by atoms with Crippen LogP contribution in [-0.2, 0) is 9.59 Å². The molecule has 0 spiro atoms. The van der Waals surface area contributed by atoms with Gasteiger partial charge in [-0.1, -0.05) is 31.2 Å². The second-order valence-electron chi connectivity index (χ2n) is 5.13. The summed E-state index contributed by atoms with van der Waals surface area (Å²) >= 11 is 0. The highest BCUT2D eigenvalue weighted by Crippen LogP contribution is 2.42. The third-order valence-corrected chi connectivity index (χ3v) is 4.16. The molecule has 2 aliphatic rings. The van der Waals surface area contributed by atoms with Gasteiger partial charge in [0.1, 0.15) is 11.6 Å². The molecule has 0 radical (unpaired) electrons. The normalized spacial score (nSPS) is 28.2. The van der Waals surface area contributed by atoms with Crippen LogP contribution in [0, 0.1) is 11.3 Å². The summed E-state index contributed by atoms with van der Waals surface area (Å²) < 4.78 is 0. The molecule has 0 aliphatic heterocycles. The molecule has 0 aromatic heterocycles. The largest absolute Gasteiger partial charge is 0.300 e. The zero-order valence-corrected chi connectivity index (χ0v) is 10.4. The minimum Gasteiger partial charge on any atom is -0.300 e. The van der Waals surface area contributed by atoms with Gasteiger partial charge in [-0.2, -0.15) is 0 Å². The molecule has 0 bridgehead atoms. The van der Waals surface area contributed by atoms with Crippen molar-refractivity contribution in [3.63, 3.8) is 0 Å². The van der Waals surface area contributed by atoms with E-state index >= 15 is 0 Å². The van der Waals surface area contributed by atoms with Crippen LogP contribution in [-0.4, -0.2) is 11.6 Å². The third kappa shape index (κ3) is 2.41. The predicted molar refractivity (Wildman–Crippen MR) is 67.6 cm³/mol. The number of Topliss-reactive ketones (excluding diaryl/α,β-unsaturated/α-hetero) is 2. The Balaban J connectivity index is 2.21. The van der Waals surface area contributed by atoms with Crippen LogP contribution in [0.4, 0.5) is 0 Å². The summed E-state index contributed by atoms with van der Waals surface area (Å²) in [6, 6.07) is 0. The van der Waals surface area contributed by atoms with Gasteiger partial charge < -0.3 is 0 Å². The second-order valence-corrected chi connectivity index (χ2v) is 5.13. The van der Waals surface area contributed by atoms with E-state index < -0.39 is 0 Å². The fourth-order valence-corrected chi connectivity index (χ4v) is 3.03. The van der Waals surface area contributed by atoms with E-state index in [4.69, 9.17) is 0 Å². The zero-order chi connectivity index (χ0) is 12.3. The molecule has 2 heteroatoms. The van der Waals surface area contributed by atoms with E-state index in [-0.39, 0.29) is 11.3 Å². The lowest BCUT2D eigenvalue weighted by molar-refractivity contribution is -0.128. The Bertz CT molecular complexity index is 364. The van der Waals surface area contributed by atoms with Gasteiger partial charge in [0.15, 0.2) is 0 Å². The molecule has 1 unspecified atom stereocenters. The molecular weight excluding hydrogens is 212 g/mol. The van der Waals surface area contributed by atoms with E-state index in [1.807, 2.05) is 12.2 Å². The molecule has 0 N–H and O–H groups in total. The summed E-state index contributed by atoms with van der Waals surface area (Å²) in [5, 5.41) is 0. The van der Waals surface area contributed by atoms with Crippen molar-refractivity contribution in [2.45, 2.75) is 45.4 Å². The standard InChI is InChI=1S/C15H20O2/c1-2-15(10-3-4-11-15)13-9-8-12(16)6-5-7-14(13)17/h3-4,10-11,13H,2,5-9H2,1H3. The number of allylic oxidation sites excluding steroid dienone is 4. The van der Waals surface area contributed by atoms with Crippen LogP contribution in [0.2, 0.25) is 0 Å². The van der Waals surface area contributed by atoms with Gasteiger partial charge in [-0.05, 0) is 19.3 Å². The van der Waals surface area contributed by atoms with Crippen molar-refractivity contribution in [3.05, 3.63) is 24.3 Å². The molecule has 0 aromatic carbocycles. The van der Waals surface area contributed by atoms with Crippen LogP contribution in [0.3, 0.4) is 0 Å². The summed E-state index contributed by atoms with van der Waals surface area (Å²) in [6.45, 7) is 2.12. The van der Waals surface area contributed by atoms with Gasteiger partial charge in [0.2, 0.25) is 0 Å². The van der Waals surface area contributed by atoms with Crippen molar-refractivity contribution in [2.75, 3.05) is 0 Å². The van der Waals surface area contributed by atoms with Gasteiger partial charge in [-0.15, -0.1) is 0 Å². The fourth-order valence-electron chi connectivity index (χ4n) is 3.03. The van der Waals surface area contributed by atoms with Crippen LogP contribution in [0.15, 0.2) is 24.3 Å². The van der Waals surface area contributed by atoms with E-state index in [0.29, 0.717) is 30.8 Å². The molecule has 0 heterocycles. The maximum absolute atomic E-state index is 12.2. The first-order valence-corrected chi connectivity index (χ1v) is 6.59. The van der Waals surface area contributed by atoms with Crippen molar-refractivity contribution in [1.82, 2.24) is 0 Å². The summed E-state index contributed by atoms with van der Waals surface area (Å²) in [4.78, 5) is 23.8. The Morgan fingerprint density at radius 2 is 1.88 bits per heavy atom. The summed E-state index contributed by atoms with van der Waals surface area (Å²) in [6.07, 6.45) is 12.5. The van der Waals surface area contributed by atoms with Crippen LogP contribution in [0.1, 0.15) is 45.4 Å². The fraction of sp³-hybridized carbons (Fsp3) is 0.600. The third-order valence-electron chi connectivity index (χ3n) is 4.16. The average Bonchev–Trinajstić information content (AvgIpc) is 2.77. The Labute approximate surface area is 103 Å². The molecule has 17 heavy (non-hydrogen) atoms. The van der Waals surface area contributed by atoms with Gasteiger partial charge in [0.05, 0.1) is 0 Å². The van der Waals surface area contributed by atoms with Crippen LogP contribution < -0.4 is 0 Å². The van der Waals surface area contributed by atoms with Crippen LogP contribution in [0.5, 0.6) is 0 Å². The molecule has 0 saturated heterocycles. The molecule has 2 nitrogen and oxygen atoms in total. The molecule has 0 amide bonds. The quantitative estimate of drug-likeness (QED) is 0.732. The van der Waals surface area contributed by atoms with Crippen LogP contribution in [0.25, 0.3) is 0 Å². The maximum Gasteiger partial charge on any atom is 0.137 e. The SMILES string of the molecule is CCC1(C2CCC(=O)CCCC2=O)C=CC=C1. The number of rotatable bonds is 2. The van der Waals surface area contributed by atoms with Gasteiger partial charge in [0, 0.05) is 30.6 Å². The van der Waals surface area contributed by atoms with E-state index in [9.17, 15) is 9.59 Å². The molecule has 1 saturated carbocycles. The lowest BCUT2D eigenvalue weighted by Crippen LogP contribution is -2.33. The highest BCUT2D eigenvalue weighted by molar-refractivity contribution is 5.86. The van der Waals surface area contributed by atoms with Crippen molar-refractivity contribution in [2.24, 2.45) is 11.3 Å². The van der Waals surface area contributed by atoms with Crippen molar-refractivity contribution < 1.29 is 9.59 Å². The van der Waals surface area contributed by atoms with Gasteiger partial charge in [-0.25, -0.2) is 0 Å². The van der Waals surface area contributed by atoms with E-state index in [0.717, 1.165) is 19.3 Å². The number of ketones is 2. The Morgan fingerprint density at radius 1 is 1.18 bits per heavy atom. The van der Waals surface area contributed by atoms with Crippen molar-refractivity contribution >= 4 is 11.6 Å². The van der Waals surface area contributed by atoms with E-state index in [1.165, 1.54) is 0 Å². The lowest BCUT2D eigenvalue weighted by atomic mass is 9.68. The highest BCUT2D eigenvalue weighted by atomic mass is 16.1.